The number of rotatable bonds is 4. The second-order valence-corrected chi connectivity index (χ2v) is 5.11. The van der Waals surface area contributed by atoms with Gasteiger partial charge in [-0.3, -0.25) is 9.69 Å². The van der Waals surface area contributed by atoms with Crippen LogP contribution in [0.2, 0.25) is 0 Å². The van der Waals surface area contributed by atoms with Crippen LogP contribution in [-0.2, 0) is 17.8 Å². The maximum absolute atomic E-state index is 11.7. The first-order valence-electron chi connectivity index (χ1n) is 6.97. The SMILES string of the molecule is O=c1cc(CN2CCOCC2)n(Cc2ccco2)cc1O. The molecule has 1 aliphatic rings. The first-order chi connectivity index (χ1) is 10.2. The fraction of sp³-hybridized carbons (Fsp3) is 0.400. The summed E-state index contributed by atoms with van der Waals surface area (Å²) >= 11 is 0. The molecule has 0 radical (unpaired) electrons. The van der Waals surface area contributed by atoms with Crippen molar-refractivity contribution in [2.75, 3.05) is 26.3 Å². The van der Waals surface area contributed by atoms with Gasteiger partial charge in [0, 0.05) is 31.4 Å². The average molecular weight is 290 g/mol. The van der Waals surface area contributed by atoms with E-state index in [1.165, 1.54) is 12.3 Å². The third kappa shape index (κ3) is 3.34. The van der Waals surface area contributed by atoms with E-state index in [1.807, 2.05) is 16.7 Å². The predicted molar refractivity (Wildman–Crippen MR) is 76.3 cm³/mol. The summed E-state index contributed by atoms with van der Waals surface area (Å²) < 4.78 is 12.5. The maximum Gasteiger partial charge on any atom is 0.223 e. The number of ether oxygens (including phenoxy) is 1. The number of aromatic nitrogens is 1. The van der Waals surface area contributed by atoms with Crippen LogP contribution in [0.15, 0.2) is 39.9 Å². The smallest absolute Gasteiger partial charge is 0.223 e. The average Bonchev–Trinajstić information content (AvgIpc) is 2.98. The molecular weight excluding hydrogens is 272 g/mol. The Hall–Kier alpha value is -2.05. The number of morpholine rings is 1. The number of pyridine rings is 1. The first kappa shape index (κ1) is 13.9. The molecule has 112 valence electrons. The van der Waals surface area contributed by atoms with Crippen LogP contribution >= 0.6 is 0 Å². The lowest BCUT2D eigenvalue weighted by Crippen LogP contribution is -2.36. The molecule has 1 aliphatic heterocycles. The molecule has 21 heavy (non-hydrogen) atoms. The highest BCUT2D eigenvalue weighted by atomic mass is 16.5. The monoisotopic (exact) mass is 290 g/mol. The molecule has 0 unspecified atom stereocenters. The van der Waals surface area contributed by atoms with Crippen molar-refractivity contribution < 1.29 is 14.3 Å². The van der Waals surface area contributed by atoms with Gasteiger partial charge in [-0.1, -0.05) is 0 Å². The Bertz CT molecular complexity index is 642. The second kappa shape index (κ2) is 6.15. The van der Waals surface area contributed by atoms with Crippen LogP contribution in [0, 0.1) is 0 Å². The van der Waals surface area contributed by atoms with Crippen molar-refractivity contribution in [1.29, 1.82) is 0 Å². The standard InChI is InChI=1S/C15H18N2O4/c18-14-8-12(9-16-3-6-20-7-4-16)17(11-15(14)19)10-13-2-1-5-21-13/h1-2,5,8,11,19H,3-4,6-7,9-10H2. The molecule has 0 amide bonds. The quantitative estimate of drug-likeness (QED) is 0.911. The van der Waals surface area contributed by atoms with Crippen molar-refractivity contribution in [3.05, 3.63) is 52.3 Å². The minimum Gasteiger partial charge on any atom is -0.503 e. The van der Waals surface area contributed by atoms with Gasteiger partial charge in [-0.05, 0) is 12.1 Å². The zero-order valence-electron chi connectivity index (χ0n) is 11.7. The Kier molecular flexibility index (Phi) is 4.08. The molecule has 2 aromatic heterocycles. The molecule has 1 fully saturated rings. The van der Waals surface area contributed by atoms with Crippen molar-refractivity contribution in [3.63, 3.8) is 0 Å². The Labute approximate surface area is 122 Å². The van der Waals surface area contributed by atoms with Crippen molar-refractivity contribution in [1.82, 2.24) is 9.47 Å². The molecule has 0 aliphatic carbocycles. The molecule has 0 bridgehead atoms. The van der Waals surface area contributed by atoms with Gasteiger partial charge in [-0.15, -0.1) is 0 Å². The Morgan fingerprint density at radius 3 is 2.76 bits per heavy atom. The Morgan fingerprint density at radius 2 is 2.05 bits per heavy atom. The van der Waals surface area contributed by atoms with Gasteiger partial charge in [-0.2, -0.15) is 0 Å². The molecule has 0 spiro atoms. The lowest BCUT2D eigenvalue weighted by molar-refractivity contribution is 0.0331. The minimum atomic E-state index is -0.353. The number of nitrogens with zero attached hydrogens (tertiary/aromatic N) is 2. The van der Waals surface area contributed by atoms with E-state index in [4.69, 9.17) is 9.15 Å². The van der Waals surface area contributed by atoms with Gasteiger partial charge in [-0.25, -0.2) is 0 Å². The molecular formula is C15H18N2O4. The van der Waals surface area contributed by atoms with Crippen LogP contribution in [0.5, 0.6) is 5.75 Å². The van der Waals surface area contributed by atoms with E-state index in [0.29, 0.717) is 26.3 Å². The molecule has 6 heteroatoms. The molecule has 1 N–H and O–H groups in total. The molecule has 6 nitrogen and oxygen atoms in total. The van der Waals surface area contributed by atoms with Crippen LogP contribution in [-0.4, -0.2) is 40.9 Å². The molecule has 1 saturated heterocycles. The van der Waals surface area contributed by atoms with Crippen molar-refractivity contribution >= 4 is 0 Å². The van der Waals surface area contributed by atoms with Crippen molar-refractivity contribution in [3.8, 4) is 5.75 Å². The molecule has 0 saturated carbocycles. The Balaban J connectivity index is 1.85. The zero-order valence-corrected chi connectivity index (χ0v) is 11.7. The summed E-state index contributed by atoms with van der Waals surface area (Å²) in [6.45, 7) is 4.24. The second-order valence-electron chi connectivity index (χ2n) is 5.11. The highest BCUT2D eigenvalue weighted by Crippen LogP contribution is 2.12. The summed E-state index contributed by atoms with van der Waals surface area (Å²) in [5.74, 6) is 0.536. The maximum atomic E-state index is 11.7. The topological polar surface area (TPSA) is 67.8 Å². The summed E-state index contributed by atoms with van der Waals surface area (Å²) in [6, 6.07) is 5.18. The van der Waals surface area contributed by atoms with Crippen LogP contribution < -0.4 is 5.43 Å². The van der Waals surface area contributed by atoms with Crippen molar-refractivity contribution in [2.45, 2.75) is 13.1 Å². The number of hydrogen-bond acceptors (Lipinski definition) is 5. The van der Waals surface area contributed by atoms with Gasteiger partial charge >= 0.3 is 0 Å². The summed E-state index contributed by atoms with van der Waals surface area (Å²) in [7, 11) is 0. The van der Waals surface area contributed by atoms with Gasteiger partial charge in [0.1, 0.15) is 5.76 Å². The van der Waals surface area contributed by atoms with Gasteiger partial charge in [0.05, 0.1) is 32.2 Å². The van der Waals surface area contributed by atoms with Gasteiger partial charge in [0.15, 0.2) is 5.75 Å². The van der Waals surface area contributed by atoms with E-state index in [-0.39, 0.29) is 11.2 Å². The van der Waals surface area contributed by atoms with Gasteiger partial charge in [0.2, 0.25) is 5.43 Å². The normalized spacial score (nSPS) is 16.2. The third-order valence-electron chi connectivity index (χ3n) is 3.59. The van der Waals surface area contributed by atoms with Crippen LogP contribution in [0.4, 0.5) is 0 Å². The fourth-order valence-corrected chi connectivity index (χ4v) is 2.44. The van der Waals surface area contributed by atoms with Crippen molar-refractivity contribution in [2.24, 2.45) is 0 Å². The molecule has 3 rings (SSSR count). The van der Waals surface area contributed by atoms with E-state index < -0.39 is 0 Å². The van der Waals surface area contributed by atoms with E-state index in [9.17, 15) is 9.90 Å². The highest BCUT2D eigenvalue weighted by molar-refractivity contribution is 5.21. The number of hydrogen-bond donors (Lipinski definition) is 1. The zero-order chi connectivity index (χ0) is 14.7. The van der Waals surface area contributed by atoms with Gasteiger partial charge < -0.3 is 18.8 Å². The summed E-state index contributed by atoms with van der Waals surface area (Å²) in [6.07, 6.45) is 3.08. The summed E-state index contributed by atoms with van der Waals surface area (Å²) in [5, 5.41) is 9.66. The van der Waals surface area contributed by atoms with Gasteiger partial charge in [0.25, 0.3) is 0 Å². The molecule has 3 heterocycles. The highest BCUT2D eigenvalue weighted by Gasteiger charge is 2.14. The third-order valence-corrected chi connectivity index (χ3v) is 3.59. The van der Waals surface area contributed by atoms with Crippen LogP contribution in [0.1, 0.15) is 11.5 Å². The van der Waals surface area contributed by atoms with E-state index in [2.05, 4.69) is 4.90 Å². The number of furan rings is 1. The van der Waals surface area contributed by atoms with Crippen LogP contribution in [0.3, 0.4) is 0 Å². The summed E-state index contributed by atoms with van der Waals surface area (Å²) in [5.41, 5.74) is 0.505. The largest absolute Gasteiger partial charge is 0.503 e. The fourth-order valence-electron chi connectivity index (χ4n) is 2.44. The first-order valence-corrected chi connectivity index (χ1v) is 6.97. The predicted octanol–water partition coefficient (Wildman–Crippen LogP) is 1.03. The summed E-state index contributed by atoms with van der Waals surface area (Å²) in [4.78, 5) is 13.9. The van der Waals surface area contributed by atoms with E-state index in [1.54, 1.807) is 6.26 Å². The minimum absolute atomic E-state index is 0.243. The lowest BCUT2D eigenvalue weighted by atomic mass is 10.2. The van der Waals surface area contributed by atoms with Crippen LogP contribution in [0.25, 0.3) is 0 Å². The van der Waals surface area contributed by atoms with E-state index in [0.717, 1.165) is 24.5 Å². The molecule has 0 atom stereocenters. The number of aromatic hydroxyl groups is 1. The van der Waals surface area contributed by atoms with E-state index >= 15 is 0 Å². The lowest BCUT2D eigenvalue weighted by Gasteiger charge is -2.27. The molecule has 2 aromatic rings. The molecule has 0 aromatic carbocycles. The Morgan fingerprint density at radius 1 is 1.24 bits per heavy atom.